The number of aromatic hydroxyl groups is 1. The third-order valence-electron chi connectivity index (χ3n) is 7.57. The molecule has 2 atom stereocenters. The Balaban J connectivity index is 1.30. The van der Waals surface area contributed by atoms with Crippen molar-refractivity contribution in [3.8, 4) is 28.2 Å². The molecule has 2 aliphatic rings. The summed E-state index contributed by atoms with van der Waals surface area (Å²) in [5.74, 6) is 0.228. The van der Waals surface area contributed by atoms with E-state index in [1.165, 1.54) is 18.2 Å². The molecule has 2 aromatic carbocycles. The fourth-order valence-electron chi connectivity index (χ4n) is 5.08. The van der Waals surface area contributed by atoms with E-state index in [4.69, 9.17) is 23.3 Å². The maximum Gasteiger partial charge on any atom is 0.472 e. The van der Waals surface area contributed by atoms with E-state index in [2.05, 4.69) is 9.84 Å². The number of benzene rings is 3. The number of carbonyl (C=O) groups is 1. The van der Waals surface area contributed by atoms with Crippen LogP contribution < -0.4 is 10.7 Å². The van der Waals surface area contributed by atoms with Gasteiger partial charge in [0.15, 0.2) is 5.43 Å². The van der Waals surface area contributed by atoms with Crippen LogP contribution in [0.1, 0.15) is 49.9 Å². The number of phenolic OH excluding ortho intramolecular Hbond substituents is 1. The van der Waals surface area contributed by atoms with Gasteiger partial charge in [-0.05, 0) is 73.1 Å². The number of phenols is 1. The number of rotatable bonds is 17. The second-order valence-corrected chi connectivity index (χ2v) is 14.1. The monoisotopic (exact) mass is 691 g/mol. The lowest BCUT2D eigenvalue weighted by molar-refractivity contribution is 0.0948. The van der Waals surface area contributed by atoms with Gasteiger partial charge in [-0.15, -0.1) is 0 Å². The van der Waals surface area contributed by atoms with Gasteiger partial charge in [0.05, 0.1) is 19.8 Å². The van der Waals surface area contributed by atoms with E-state index in [1.54, 1.807) is 36.4 Å². The number of unbranched alkanes of at least 4 members (excludes halogenated alkanes) is 1. The van der Waals surface area contributed by atoms with Crippen molar-refractivity contribution in [1.82, 2.24) is 5.32 Å². The van der Waals surface area contributed by atoms with Gasteiger partial charge in [-0.1, -0.05) is 32.4 Å². The summed E-state index contributed by atoms with van der Waals surface area (Å²) in [5, 5.41) is 13.7. The molecule has 1 aliphatic heterocycles. The summed E-state index contributed by atoms with van der Waals surface area (Å²) in [6, 6.07) is 16.4. The Hall–Kier alpha value is -3.38. The van der Waals surface area contributed by atoms with Crippen LogP contribution in [0.2, 0.25) is 0 Å². The Labute approximate surface area is 271 Å². The van der Waals surface area contributed by atoms with Crippen LogP contribution >= 0.6 is 15.6 Å². The first-order valence-electron chi connectivity index (χ1n) is 15.1. The van der Waals surface area contributed by atoms with Crippen molar-refractivity contribution < 1.29 is 51.7 Å². The predicted molar refractivity (Wildman–Crippen MR) is 175 cm³/mol. The lowest BCUT2D eigenvalue weighted by Crippen LogP contribution is -2.24. The summed E-state index contributed by atoms with van der Waals surface area (Å²) in [7, 11) is -8.97. The van der Waals surface area contributed by atoms with E-state index in [0.717, 1.165) is 17.5 Å². The average Bonchev–Trinajstić information content (AvgIpc) is 3.00. The molecule has 0 bridgehead atoms. The molecule has 0 saturated heterocycles. The first-order valence-corrected chi connectivity index (χ1v) is 18.2. The van der Waals surface area contributed by atoms with Crippen molar-refractivity contribution in [1.29, 1.82) is 0 Å². The number of hydrogen-bond acceptors (Lipinski definition) is 9. The van der Waals surface area contributed by atoms with Crippen LogP contribution in [0, 0.1) is 11.8 Å². The maximum atomic E-state index is 13.1. The first-order chi connectivity index (χ1) is 22.2. The standard InChI is InChI=1S/C32H39NO12P2/c1-21(2)24(20-44-47(40,41)43-16-6-15-42-46(37,38)39)7-3-4-14-33-32(36)23-9-5-8-22(17-23)31-27-12-10-25(34)18-29(27)45-30-19-26(35)11-13-28(30)31/h5,8-13,17-19,21,24,34H,3-4,6-7,14-16,20H2,1-2H3,(H,33,36)(H,40,41)(H2,37,38,39). The molecule has 0 fully saturated rings. The molecule has 4 rings (SSSR count). The Morgan fingerprint density at radius 1 is 0.915 bits per heavy atom. The lowest BCUT2D eigenvalue weighted by Gasteiger charge is -2.22. The van der Waals surface area contributed by atoms with Gasteiger partial charge < -0.3 is 29.5 Å². The summed E-state index contributed by atoms with van der Waals surface area (Å²) in [4.78, 5) is 52.4. The molecule has 47 heavy (non-hydrogen) atoms. The minimum Gasteiger partial charge on any atom is -0.508 e. The summed E-state index contributed by atoms with van der Waals surface area (Å²) in [5.41, 5.74) is 2.84. The Kier molecular flexibility index (Phi) is 12.5. The fraction of sp³-hybridized carbons (Fsp3) is 0.375. The van der Waals surface area contributed by atoms with Gasteiger partial charge in [0.2, 0.25) is 0 Å². The summed E-state index contributed by atoms with van der Waals surface area (Å²) in [6.45, 7) is 3.73. The van der Waals surface area contributed by atoms with Gasteiger partial charge in [-0.3, -0.25) is 23.2 Å². The van der Waals surface area contributed by atoms with Crippen LogP contribution in [0.4, 0.5) is 0 Å². The third kappa shape index (κ3) is 10.8. The third-order valence-corrected chi connectivity index (χ3v) is 9.08. The quantitative estimate of drug-likeness (QED) is 0.0486. The molecular weight excluding hydrogens is 652 g/mol. The number of hydrogen-bond donors (Lipinski definition) is 5. The van der Waals surface area contributed by atoms with Crippen LogP contribution in [0.5, 0.6) is 5.75 Å². The highest BCUT2D eigenvalue weighted by atomic mass is 31.2. The number of phosphoric acid groups is 2. The molecule has 13 nitrogen and oxygen atoms in total. The zero-order chi connectivity index (χ0) is 34.2. The Morgan fingerprint density at radius 3 is 2.43 bits per heavy atom. The zero-order valence-electron chi connectivity index (χ0n) is 26.0. The van der Waals surface area contributed by atoms with Crippen LogP contribution in [0.15, 0.2) is 69.9 Å². The molecule has 1 amide bonds. The maximum absolute atomic E-state index is 13.1. The van der Waals surface area contributed by atoms with Crippen LogP contribution in [0.3, 0.4) is 0 Å². The molecule has 254 valence electrons. The highest BCUT2D eigenvalue weighted by molar-refractivity contribution is 7.47. The molecule has 5 N–H and O–H groups in total. The fourth-order valence-corrected chi connectivity index (χ4v) is 6.26. The minimum atomic E-state index is -4.61. The topological polar surface area (TPSA) is 202 Å². The molecule has 1 heterocycles. The van der Waals surface area contributed by atoms with Gasteiger partial charge in [-0.2, -0.15) is 0 Å². The van der Waals surface area contributed by atoms with Gasteiger partial charge in [-0.25, -0.2) is 9.13 Å². The van der Waals surface area contributed by atoms with E-state index in [-0.39, 0.29) is 55.2 Å². The van der Waals surface area contributed by atoms with Crippen molar-refractivity contribution in [2.45, 2.75) is 39.5 Å². The Morgan fingerprint density at radius 2 is 1.68 bits per heavy atom. The molecule has 1 aliphatic carbocycles. The van der Waals surface area contributed by atoms with Crippen LogP contribution in [-0.4, -0.2) is 52.1 Å². The predicted octanol–water partition coefficient (Wildman–Crippen LogP) is 6.08. The molecule has 2 unspecified atom stereocenters. The first kappa shape index (κ1) is 36.5. The average molecular weight is 692 g/mol. The smallest absolute Gasteiger partial charge is 0.472 e. The van der Waals surface area contributed by atoms with E-state index in [0.29, 0.717) is 47.2 Å². The van der Waals surface area contributed by atoms with Gasteiger partial charge in [0.25, 0.3) is 5.91 Å². The summed E-state index contributed by atoms with van der Waals surface area (Å²) < 4.78 is 43.1. The number of carbonyl (C=O) groups excluding carboxylic acids is 1. The van der Waals surface area contributed by atoms with E-state index >= 15 is 0 Å². The highest BCUT2D eigenvalue weighted by Crippen LogP contribution is 2.45. The second-order valence-electron chi connectivity index (χ2n) is 11.4. The SMILES string of the molecule is CC(C)C(CCCCNC(=O)c1cccc(-c2c3ccc(=O)cc-3oc3cc(O)ccc23)c1)COP(=O)(O)OCCCOP(=O)(O)O. The summed E-state index contributed by atoms with van der Waals surface area (Å²) >= 11 is 0. The largest absolute Gasteiger partial charge is 0.508 e. The highest BCUT2D eigenvalue weighted by Gasteiger charge is 2.25. The van der Waals surface area contributed by atoms with Crippen LogP contribution in [-0.2, 0) is 22.7 Å². The van der Waals surface area contributed by atoms with E-state index in [1.807, 2.05) is 19.9 Å². The van der Waals surface area contributed by atoms with Crippen molar-refractivity contribution in [3.05, 3.63) is 76.5 Å². The van der Waals surface area contributed by atoms with Crippen molar-refractivity contribution >= 4 is 32.5 Å². The van der Waals surface area contributed by atoms with Gasteiger partial charge >= 0.3 is 15.6 Å². The Bertz CT molecular complexity index is 1800. The minimum absolute atomic E-state index is 0.00632. The molecule has 0 spiro atoms. The molecule has 2 aromatic rings. The second kappa shape index (κ2) is 16.1. The van der Waals surface area contributed by atoms with E-state index < -0.39 is 15.6 Å². The van der Waals surface area contributed by atoms with Gasteiger partial charge in [0.1, 0.15) is 17.1 Å². The van der Waals surface area contributed by atoms with Crippen LogP contribution in [0.25, 0.3) is 33.4 Å². The lowest BCUT2D eigenvalue weighted by atomic mass is 9.91. The van der Waals surface area contributed by atoms with Crippen molar-refractivity contribution in [3.63, 3.8) is 0 Å². The van der Waals surface area contributed by atoms with Crippen molar-refractivity contribution in [2.75, 3.05) is 26.4 Å². The normalized spacial score (nSPS) is 14.0. The number of phosphoric ester groups is 2. The number of nitrogens with one attached hydrogen (secondary N) is 1. The van der Waals surface area contributed by atoms with E-state index in [9.17, 15) is 28.7 Å². The molecule has 0 radical (unpaired) electrons. The molecule has 15 heteroatoms. The van der Waals surface area contributed by atoms with Crippen molar-refractivity contribution in [2.24, 2.45) is 11.8 Å². The summed E-state index contributed by atoms with van der Waals surface area (Å²) in [6.07, 6.45) is 2.06. The van der Waals surface area contributed by atoms with Gasteiger partial charge in [0, 0.05) is 40.8 Å². The number of fused-ring (bicyclic) bond motifs is 2. The molecular formula is C32H39NO12P2. The number of amides is 1. The molecule has 0 saturated carbocycles. The zero-order valence-corrected chi connectivity index (χ0v) is 27.8. The molecule has 0 aromatic heterocycles.